The summed E-state index contributed by atoms with van der Waals surface area (Å²) < 4.78 is 6.31. The lowest BCUT2D eigenvalue weighted by Crippen LogP contribution is -2.18. The third-order valence-electron chi connectivity index (χ3n) is 5.83. The van der Waals surface area contributed by atoms with Crippen LogP contribution < -0.4 is 4.74 Å². The molecule has 1 aliphatic carbocycles. The smallest absolute Gasteiger partial charge is 0.133 e. The van der Waals surface area contributed by atoms with Crippen molar-refractivity contribution in [2.75, 3.05) is 0 Å². The number of benzene rings is 2. The van der Waals surface area contributed by atoms with Gasteiger partial charge in [0.05, 0.1) is 0 Å². The van der Waals surface area contributed by atoms with Gasteiger partial charge >= 0.3 is 0 Å². The zero-order valence-corrected chi connectivity index (χ0v) is 17.0. The van der Waals surface area contributed by atoms with Crippen LogP contribution in [0.4, 0.5) is 0 Å². The fraction of sp³-hybridized carbons (Fsp3) is 0.480. The van der Waals surface area contributed by atoms with E-state index in [2.05, 4.69) is 51.1 Å². The van der Waals surface area contributed by atoms with Gasteiger partial charge in [0, 0.05) is 12.8 Å². The molecule has 0 radical (unpaired) electrons. The average Bonchev–Trinajstić information content (AvgIpc) is 2.67. The molecular weight excluding hydrogens is 332 g/mol. The molecule has 1 aliphatic rings. The lowest BCUT2D eigenvalue weighted by atomic mass is 9.78. The quantitative estimate of drug-likeness (QED) is 0.555. The van der Waals surface area contributed by atoms with Crippen molar-refractivity contribution in [3.05, 3.63) is 65.2 Å². The van der Waals surface area contributed by atoms with E-state index in [4.69, 9.17) is 4.74 Å². The highest BCUT2D eigenvalue weighted by molar-refractivity contribution is 5.80. The van der Waals surface area contributed by atoms with Crippen LogP contribution in [-0.2, 0) is 16.8 Å². The Morgan fingerprint density at radius 2 is 1.89 bits per heavy atom. The molecule has 0 aliphatic heterocycles. The Labute approximate surface area is 164 Å². The predicted molar refractivity (Wildman–Crippen MR) is 111 cm³/mol. The molecule has 2 aromatic carbocycles. The number of carbonyl (C=O) groups excluding carboxylic acids is 1. The van der Waals surface area contributed by atoms with Crippen molar-refractivity contribution < 1.29 is 9.53 Å². The molecule has 0 spiro atoms. The zero-order valence-electron chi connectivity index (χ0n) is 17.0. The third kappa shape index (κ3) is 5.00. The van der Waals surface area contributed by atoms with E-state index in [-0.39, 0.29) is 5.41 Å². The Morgan fingerprint density at radius 3 is 2.59 bits per heavy atom. The van der Waals surface area contributed by atoms with Gasteiger partial charge in [0.1, 0.15) is 18.1 Å². The molecule has 27 heavy (non-hydrogen) atoms. The Kier molecular flexibility index (Phi) is 6.36. The highest BCUT2D eigenvalue weighted by atomic mass is 16.5. The first kappa shape index (κ1) is 19.7. The molecule has 0 heterocycles. The summed E-state index contributed by atoms with van der Waals surface area (Å²) in [7, 11) is 0. The van der Waals surface area contributed by atoms with Crippen LogP contribution in [0.2, 0.25) is 0 Å². The van der Waals surface area contributed by atoms with Gasteiger partial charge in [-0.05, 0) is 53.4 Å². The molecule has 0 amide bonds. The summed E-state index contributed by atoms with van der Waals surface area (Å²) in [4.78, 5) is 12.0. The van der Waals surface area contributed by atoms with Crippen LogP contribution in [0.15, 0.2) is 48.5 Å². The highest BCUT2D eigenvalue weighted by Gasteiger charge is 2.26. The molecular formula is C25H32O2. The molecule has 1 unspecified atom stereocenters. The van der Waals surface area contributed by atoms with Crippen molar-refractivity contribution in [1.29, 1.82) is 0 Å². The first-order valence-electron chi connectivity index (χ1n) is 10.3. The molecule has 144 valence electrons. The van der Waals surface area contributed by atoms with E-state index in [0.29, 0.717) is 24.7 Å². The van der Waals surface area contributed by atoms with Crippen molar-refractivity contribution in [2.24, 2.45) is 0 Å². The summed E-state index contributed by atoms with van der Waals surface area (Å²) in [5.41, 5.74) is 3.82. The Hall–Kier alpha value is -2.09. The fourth-order valence-corrected chi connectivity index (χ4v) is 4.21. The molecule has 1 saturated carbocycles. The molecule has 0 saturated heterocycles. The summed E-state index contributed by atoms with van der Waals surface area (Å²) in [6, 6.07) is 17.0. The van der Waals surface area contributed by atoms with Crippen LogP contribution in [0, 0.1) is 0 Å². The van der Waals surface area contributed by atoms with E-state index in [0.717, 1.165) is 37.9 Å². The molecule has 2 aromatic rings. The average molecular weight is 365 g/mol. The van der Waals surface area contributed by atoms with Gasteiger partial charge in [0.15, 0.2) is 0 Å². The first-order valence-corrected chi connectivity index (χ1v) is 10.3. The Bertz CT molecular complexity index is 761. The maximum atomic E-state index is 12.0. The maximum Gasteiger partial charge on any atom is 0.133 e. The summed E-state index contributed by atoms with van der Waals surface area (Å²) in [6.45, 7) is 7.40. The number of Topliss-reactive ketones (excluding diaryl/α,β-unsaturated/α-hetero) is 1. The molecule has 0 bridgehead atoms. The van der Waals surface area contributed by atoms with E-state index in [1.165, 1.54) is 16.7 Å². The van der Waals surface area contributed by atoms with Gasteiger partial charge in [-0.1, -0.05) is 69.7 Å². The van der Waals surface area contributed by atoms with Gasteiger partial charge < -0.3 is 4.74 Å². The van der Waals surface area contributed by atoms with E-state index in [9.17, 15) is 4.79 Å². The van der Waals surface area contributed by atoms with Crippen molar-refractivity contribution in [1.82, 2.24) is 0 Å². The van der Waals surface area contributed by atoms with Gasteiger partial charge in [0.25, 0.3) is 0 Å². The summed E-state index contributed by atoms with van der Waals surface area (Å²) in [5.74, 6) is 1.64. The van der Waals surface area contributed by atoms with Crippen molar-refractivity contribution in [3.8, 4) is 5.75 Å². The van der Waals surface area contributed by atoms with Crippen LogP contribution in [0.5, 0.6) is 5.75 Å². The lowest BCUT2D eigenvalue weighted by molar-refractivity contribution is -0.120. The van der Waals surface area contributed by atoms with Crippen molar-refractivity contribution in [3.63, 3.8) is 0 Å². The van der Waals surface area contributed by atoms with Gasteiger partial charge in [-0.2, -0.15) is 0 Å². The number of rotatable bonds is 7. The third-order valence-corrected chi connectivity index (χ3v) is 5.83. The van der Waals surface area contributed by atoms with Crippen LogP contribution in [0.25, 0.3) is 0 Å². The monoisotopic (exact) mass is 364 g/mol. The summed E-state index contributed by atoms with van der Waals surface area (Å²) in [6.07, 6.45) is 5.76. The van der Waals surface area contributed by atoms with E-state index < -0.39 is 0 Å². The summed E-state index contributed by atoms with van der Waals surface area (Å²) in [5, 5.41) is 0. The van der Waals surface area contributed by atoms with Crippen LogP contribution in [0.1, 0.15) is 81.9 Å². The van der Waals surface area contributed by atoms with Gasteiger partial charge in [-0.3, -0.25) is 4.79 Å². The minimum Gasteiger partial charge on any atom is -0.489 e. The topological polar surface area (TPSA) is 26.3 Å². The Morgan fingerprint density at radius 1 is 1.11 bits per heavy atom. The SMILES string of the molecule is CCCC(C)(C)c1ccc(C2CCCC(=O)C2)c(OCc2ccccc2)c1. The minimum absolute atomic E-state index is 0.126. The van der Waals surface area contributed by atoms with E-state index in [1.807, 2.05) is 18.2 Å². The van der Waals surface area contributed by atoms with Gasteiger partial charge in [-0.15, -0.1) is 0 Å². The molecule has 0 aromatic heterocycles. The van der Waals surface area contributed by atoms with Crippen LogP contribution in [0.3, 0.4) is 0 Å². The second-order valence-electron chi connectivity index (χ2n) is 8.49. The number of ether oxygens (including phenoxy) is 1. The largest absolute Gasteiger partial charge is 0.489 e. The molecule has 1 atom stereocenters. The van der Waals surface area contributed by atoms with Crippen molar-refractivity contribution >= 4 is 5.78 Å². The second kappa shape index (κ2) is 8.73. The van der Waals surface area contributed by atoms with E-state index in [1.54, 1.807) is 0 Å². The molecule has 2 nitrogen and oxygen atoms in total. The summed E-state index contributed by atoms with van der Waals surface area (Å²) >= 11 is 0. The van der Waals surface area contributed by atoms with Gasteiger partial charge in [-0.25, -0.2) is 0 Å². The number of ketones is 1. The number of hydrogen-bond acceptors (Lipinski definition) is 2. The molecule has 0 N–H and O–H groups in total. The van der Waals surface area contributed by atoms with Crippen LogP contribution in [-0.4, -0.2) is 5.78 Å². The van der Waals surface area contributed by atoms with Crippen LogP contribution >= 0.6 is 0 Å². The zero-order chi connectivity index (χ0) is 19.3. The number of carbonyl (C=O) groups is 1. The first-order chi connectivity index (χ1) is 13.0. The minimum atomic E-state index is 0.126. The van der Waals surface area contributed by atoms with Crippen molar-refractivity contribution in [2.45, 2.75) is 77.2 Å². The molecule has 3 rings (SSSR count). The maximum absolute atomic E-state index is 12.0. The lowest BCUT2D eigenvalue weighted by Gasteiger charge is -2.28. The highest BCUT2D eigenvalue weighted by Crippen LogP contribution is 2.39. The fourth-order valence-electron chi connectivity index (χ4n) is 4.21. The predicted octanol–water partition coefficient (Wildman–Crippen LogP) is 6.57. The number of hydrogen-bond donors (Lipinski definition) is 0. The van der Waals surface area contributed by atoms with E-state index >= 15 is 0 Å². The second-order valence-corrected chi connectivity index (χ2v) is 8.49. The molecule has 1 fully saturated rings. The normalized spacial score (nSPS) is 17.7. The standard InChI is InChI=1S/C25H32O2/c1-4-15-25(2,3)21-13-14-23(20-11-8-12-22(26)16-20)24(17-21)27-18-19-9-6-5-7-10-19/h5-7,9-10,13-14,17,20H,4,8,11-12,15-16,18H2,1-3H3. The Balaban J connectivity index is 1.90. The molecule has 2 heteroatoms. The van der Waals surface area contributed by atoms with Gasteiger partial charge in [0.2, 0.25) is 0 Å².